The van der Waals surface area contributed by atoms with E-state index in [1.54, 1.807) is 24.1 Å². The molecule has 2 heterocycles. The largest absolute Gasteiger partial charge is 0.497 e. The Morgan fingerprint density at radius 1 is 1.16 bits per heavy atom. The third kappa shape index (κ3) is 4.99. The average Bonchev–Trinajstić information content (AvgIpc) is 3.57. The van der Waals surface area contributed by atoms with E-state index in [4.69, 9.17) is 9.15 Å². The predicted molar refractivity (Wildman–Crippen MR) is 119 cm³/mol. The Hall–Kier alpha value is -3.06. The number of methoxy groups -OCH3 is 1. The van der Waals surface area contributed by atoms with E-state index >= 15 is 0 Å². The molecule has 0 radical (unpaired) electrons. The maximum Gasteiger partial charge on any atom is 0.290 e. The molecule has 1 fully saturated rings. The second-order valence-electron chi connectivity index (χ2n) is 7.67. The van der Waals surface area contributed by atoms with Crippen LogP contribution in [0.1, 0.15) is 52.7 Å². The summed E-state index contributed by atoms with van der Waals surface area (Å²) in [7, 11) is 1.61. The summed E-state index contributed by atoms with van der Waals surface area (Å²) in [6.45, 7) is 0.268. The first-order valence-electron chi connectivity index (χ1n) is 10.5. The van der Waals surface area contributed by atoms with Gasteiger partial charge in [0.05, 0.1) is 13.4 Å². The summed E-state index contributed by atoms with van der Waals surface area (Å²) in [6, 6.07) is 14.0. The number of rotatable bonds is 8. The number of carbonyl (C=O) groups is 2. The number of furan rings is 1. The first kappa shape index (κ1) is 21.2. The van der Waals surface area contributed by atoms with E-state index in [1.165, 1.54) is 17.6 Å². The SMILES string of the molecule is COc1ccc(CN(C(=O)c2ccco2)C(C(=O)NC2CCCC2)c2cccs2)cc1. The zero-order valence-electron chi connectivity index (χ0n) is 17.5. The highest BCUT2D eigenvalue weighted by atomic mass is 32.1. The van der Waals surface area contributed by atoms with Gasteiger partial charge in [-0.1, -0.05) is 31.0 Å². The van der Waals surface area contributed by atoms with Crippen molar-refractivity contribution in [2.45, 2.75) is 44.3 Å². The van der Waals surface area contributed by atoms with Gasteiger partial charge in [-0.2, -0.15) is 0 Å². The number of hydrogen-bond donors (Lipinski definition) is 1. The minimum Gasteiger partial charge on any atom is -0.497 e. The standard InChI is InChI=1S/C24H26N2O4S/c1-29-19-12-10-17(11-13-19)16-26(24(28)20-8-4-14-30-20)22(21-9-5-15-31-21)23(27)25-18-6-2-3-7-18/h4-5,8-15,18,22H,2-3,6-7,16H2,1H3,(H,25,27). The van der Waals surface area contributed by atoms with Gasteiger partial charge < -0.3 is 19.4 Å². The van der Waals surface area contributed by atoms with Gasteiger partial charge in [0, 0.05) is 17.5 Å². The Labute approximate surface area is 185 Å². The molecule has 31 heavy (non-hydrogen) atoms. The van der Waals surface area contributed by atoms with Crippen LogP contribution in [-0.4, -0.2) is 29.9 Å². The van der Waals surface area contributed by atoms with Crippen molar-refractivity contribution in [1.29, 1.82) is 0 Å². The van der Waals surface area contributed by atoms with Crippen LogP contribution in [0, 0.1) is 0 Å². The lowest BCUT2D eigenvalue weighted by Crippen LogP contribution is -2.45. The number of hydrogen-bond acceptors (Lipinski definition) is 5. The monoisotopic (exact) mass is 438 g/mol. The second-order valence-corrected chi connectivity index (χ2v) is 8.65. The third-order valence-corrected chi connectivity index (χ3v) is 6.50. The van der Waals surface area contributed by atoms with E-state index < -0.39 is 6.04 Å². The molecule has 3 aromatic rings. The normalized spacial score (nSPS) is 14.9. The quantitative estimate of drug-likeness (QED) is 0.549. The van der Waals surface area contributed by atoms with E-state index in [9.17, 15) is 9.59 Å². The van der Waals surface area contributed by atoms with Crippen LogP contribution in [0.25, 0.3) is 0 Å². The molecule has 1 saturated carbocycles. The maximum absolute atomic E-state index is 13.5. The van der Waals surface area contributed by atoms with Crippen LogP contribution >= 0.6 is 11.3 Å². The number of nitrogens with zero attached hydrogens (tertiary/aromatic N) is 1. The first-order chi connectivity index (χ1) is 15.2. The topological polar surface area (TPSA) is 71.8 Å². The van der Waals surface area contributed by atoms with Crippen LogP contribution < -0.4 is 10.1 Å². The van der Waals surface area contributed by atoms with Gasteiger partial charge >= 0.3 is 0 Å². The molecule has 0 aliphatic heterocycles. The highest BCUT2D eigenvalue weighted by Gasteiger charge is 2.35. The first-order valence-corrected chi connectivity index (χ1v) is 11.3. The fraction of sp³-hybridized carbons (Fsp3) is 0.333. The molecular weight excluding hydrogens is 412 g/mol. The summed E-state index contributed by atoms with van der Waals surface area (Å²) in [5.74, 6) is 0.480. The molecule has 4 rings (SSSR count). The van der Waals surface area contributed by atoms with Crippen molar-refractivity contribution in [1.82, 2.24) is 10.2 Å². The summed E-state index contributed by atoms with van der Waals surface area (Å²) in [5, 5.41) is 5.10. The molecular formula is C24H26N2O4S. The molecule has 2 aromatic heterocycles. The summed E-state index contributed by atoms with van der Waals surface area (Å²) in [6.07, 6.45) is 5.67. The Morgan fingerprint density at radius 2 is 1.94 bits per heavy atom. The number of nitrogens with one attached hydrogen (secondary N) is 1. The smallest absolute Gasteiger partial charge is 0.290 e. The summed E-state index contributed by atoms with van der Waals surface area (Å²) in [4.78, 5) is 29.3. The van der Waals surface area contributed by atoms with Gasteiger partial charge in [-0.25, -0.2) is 0 Å². The minimum atomic E-state index is -0.736. The Morgan fingerprint density at radius 3 is 2.55 bits per heavy atom. The fourth-order valence-electron chi connectivity index (χ4n) is 3.97. The number of benzene rings is 1. The molecule has 1 aliphatic carbocycles. The average molecular weight is 439 g/mol. The van der Waals surface area contributed by atoms with E-state index in [-0.39, 0.29) is 30.2 Å². The van der Waals surface area contributed by atoms with Crippen LogP contribution in [0.5, 0.6) is 5.75 Å². The lowest BCUT2D eigenvalue weighted by atomic mass is 10.1. The van der Waals surface area contributed by atoms with Gasteiger partial charge in [-0.3, -0.25) is 9.59 Å². The van der Waals surface area contributed by atoms with Crippen LogP contribution in [-0.2, 0) is 11.3 Å². The summed E-state index contributed by atoms with van der Waals surface area (Å²) < 4.78 is 10.6. The lowest BCUT2D eigenvalue weighted by molar-refractivity contribution is -0.126. The fourth-order valence-corrected chi connectivity index (χ4v) is 4.81. The Balaban J connectivity index is 1.67. The third-order valence-electron chi connectivity index (χ3n) is 5.58. The van der Waals surface area contributed by atoms with Crippen molar-refractivity contribution in [2.24, 2.45) is 0 Å². The zero-order valence-corrected chi connectivity index (χ0v) is 18.3. The van der Waals surface area contributed by atoms with Crippen molar-refractivity contribution in [3.05, 3.63) is 76.4 Å². The van der Waals surface area contributed by atoms with Crippen LogP contribution in [0.4, 0.5) is 0 Å². The van der Waals surface area contributed by atoms with Gasteiger partial charge in [0.25, 0.3) is 5.91 Å². The van der Waals surface area contributed by atoms with Crippen molar-refractivity contribution < 1.29 is 18.7 Å². The summed E-state index contributed by atoms with van der Waals surface area (Å²) >= 11 is 1.47. The zero-order chi connectivity index (χ0) is 21.6. The molecule has 1 N–H and O–H groups in total. The molecule has 162 valence electrons. The molecule has 0 saturated heterocycles. The number of amides is 2. The number of carbonyl (C=O) groups excluding carboxylic acids is 2. The van der Waals surface area contributed by atoms with E-state index in [0.29, 0.717) is 0 Å². The molecule has 0 bridgehead atoms. The van der Waals surface area contributed by atoms with Crippen molar-refractivity contribution in [3.8, 4) is 5.75 Å². The molecule has 7 heteroatoms. The van der Waals surface area contributed by atoms with E-state index in [2.05, 4.69) is 5.32 Å². The summed E-state index contributed by atoms with van der Waals surface area (Å²) in [5.41, 5.74) is 0.899. The Bertz CT molecular complexity index is 977. The van der Waals surface area contributed by atoms with Crippen molar-refractivity contribution in [2.75, 3.05) is 7.11 Å². The highest BCUT2D eigenvalue weighted by Crippen LogP contribution is 2.30. The molecule has 2 amide bonds. The van der Waals surface area contributed by atoms with Crippen LogP contribution in [0.3, 0.4) is 0 Å². The van der Waals surface area contributed by atoms with Crippen molar-refractivity contribution >= 4 is 23.2 Å². The van der Waals surface area contributed by atoms with Gasteiger partial charge in [-0.15, -0.1) is 11.3 Å². The van der Waals surface area contributed by atoms with Gasteiger partial charge in [-0.05, 0) is 54.1 Å². The second kappa shape index (κ2) is 9.83. The van der Waals surface area contributed by atoms with E-state index in [0.717, 1.165) is 41.9 Å². The van der Waals surface area contributed by atoms with Gasteiger partial charge in [0.2, 0.25) is 5.91 Å². The minimum absolute atomic E-state index is 0.150. The molecule has 1 aromatic carbocycles. The maximum atomic E-state index is 13.5. The predicted octanol–water partition coefficient (Wildman–Crippen LogP) is 4.79. The molecule has 0 spiro atoms. The van der Waals surface area contributed by atoms with Crippen molar-refractivity contribution in [3.63, 3.8) is 0 Å². The van der Waals surface area contributed by atoms with Gasteiger partial charge in [0.1, 0.15) is 11.8 Å². The Kier molecular flexibility index (Phi) is 6.72. The highest BCUT2D eigenvalue weighted by molar-refractivity contribution is 7.10. The lowest BCUT2D eigenvalue weighted by Gasteiger charge is -2.31. The molecule has 1 unspecified atom stereocenters. The number of ether oxygens (including phenoxy) is 1. The van der Waals surface area contributed by atoms with E-state index in [1.807, 2.05) is 41.8 Å². The van der Waals surface area contributed by atoms with Crippen LogP contribution in [0.2, 0.25) is 0 Å². The molecule has 1 atom stereocenters. The van der Waals surface area contributed by atoms with Crippen LogP contribution in [0.15, 0.2) is 64.6 Å². The molecule has 1 aliphatic rings. The number of thiophene rings is 1. The molecule has 6 nitrogen and oxygen atoms in total. The van der Waals surface area contributed by atoms with Gasteiger partial charge in [0.15, 0.2) is 5.76 Å².